The van der Waals surface area contributed by atoms with E-state index in [1.807, 2.05) is 0 Å². The van der Waals surface area contributed by atoms with E-state index in [-0.39, 0.29) is 23.5 Å². The monoisotopic (exact) mass is 442 g/mol. The third-order valence-corrected chi connectivity index (χ3v) is 5.11. The standard InChI is InChI=1S/C23H24F2N4O3/c1-23(2,3)32-22(31)28-20-15-11-26-18(27-21(30)13-10-16(13)24)9-12(15)8-14(19(20)25)17-6-5-7-29(17)4/h5-9,11,13,16H,10H2,1-4H3,(H,28,31)(H,26,27,30)/t13?,16-/m1/s1. The van der Waals surface area contributed by atoms with Crippen molar-refractivity contribution in [2.45, 2.75) is 39.0 Å². The number of aryl methyl sites for hydroxylation is 1. The maximum atomic E-state index is 15.6. The van der Waals surface area contributed by atoms with Gasteiger partial charge in [0.2, 0.25) is 5.91 Å². The number of alkyl halides is 1. The van der Waals surface area contributed by atoms with Crippen molar-refractivity contribution in [1.29, 1.82) is 0 Å². The van der Waals surface area contributed by atoms with Crippen molar-refractivity contribution < 1.29 is 23.1 Å². The molecule has 1 aliphatic rings. The molecule has 4 rings (SSSR count). The van der Waals surface area contributed by atoms with E-state index in [4.69, 9.17) is 4.74 Å². The quantitative estimate of drug-likeness (QED) is 0.594. The largest absolute Gasteiger partial charge is 0.444 e. The van der Waals surface area contributed by atoms with Crippen LogP contribution in [-0.4, -0.2) is 33.3 Å². The van der Waals surface area contributed by atoms with Gasteiger partial charge in [-0.3, -0.25) is 10.1 Å². The SMILES string of the molecule is Cn1cccc1-c1cc2cc(NC(=O)C3C[C@H]3F)ncc2c(NC(=O)OC(C)(C)C)c1F. The molecule has 1 unspecified atom stereocenters. The minimum absolute atomic E-state index is 0.0793. The topological polar surface area (TPSA) is 85.3 Å². The minimum Gasteiger partial charge on any atom is -0.444 e. The first-order chi connectivity index (χ1) is 15.0. The minimum atomic E-state index is -1.13. The van der Waals surface area contributed by atoms with Crippen molar-refractivity contribution in [3.8, 4) is 11.3 Å². The summed E-state index contributed by atoms with van der Waals surface area (Å²) in [6.07, 6.45) is 1.41. The molecule has 1 aliphatic carbocycles. The number of rotatable bonds is 4. The highest BCUT2D eigenvalue weighted by molar-refractivity contribution is 6.04. The van der Waals surface area contributed by atoms with Gasteiger partial charge in [-0.2, -0.15) is 0 Å². The zero-order chi connectivity index (χ0) is 23.2. The summed E-state index contributed by atoms with van der Waals surface area (Å²) in [5.74, 6) is -1.53. The second-order valence-electron chi connectivity index (χ2n) is 8.88. The number of hydrogen-bond donors (Lipinski definition) is 2. The fourth-order valence-corrected chi connectivity index (χ4v) is 3.45. The number of benzene rings is 1. The molecule has 0 spiro atoms. The zero-order valence-corrected chi connectivity index (χ0v) is 18.2. The maximum absolute atomic E-state index is 15.6. The molecule has 0 bridgehead atoms. The highest BCUT2D eigenvalue weighted by Crippen LogP contribution is 2.37. The Labute approximate surface area is 183 Å². The fourth-order valence-electron chi connectivity index (χ4n) is 3.45. The highest BCUT2D eigenvalue weighted by Gasteiger charge is 2.43. The van der Waals surface area contributed by atoms with Crippen molar-refractivity contribution in [3.63, 3.8) is 0 Å². The van der Waals surface area contributed by atoms with Crippen molar-refractivity contribution in [2.75, 3.05) is 10.6 Å². The predicted octanol–water partition coefficient (Wildman–Crippen LogP) is 5.02. The molecule has 3 aromatic rings. The Balaban J connectivity index is 1.78. The van der Waals surface area contributed by atoms with Crippen LogP contribution in [0.25, 0.3) is 22.0 Å². The van der Waals surface area contributed by atoms with Crippen LogP contribution in [0.1, 0.15) is 27.2 Å². The molecule has 0 aliphatic heterocycles. The van der Waals surface area contributed by atoms with Gasteiger partial charge >= 0.3 is 6.09 Å². The van der Waals surface area contributed by atoms with Gasteiger partial charge in [0.25, 0.3) is 0 Å². The average Bonchev–Trinajstić information content (AvgIpc) is 3.28. The number of aromatic nitrogens is 2. The van der Waals surface area contributed by atoms with Gasteiger partial charge in [0, 0.05) is 30.4 Å². The van der Waals surface area contributed by atoms with Crippen LogP contribution in [0.5, 0.6) is 0 Å². The zero-order valence-electron chi connectivity index (χ0n) is 18.2. The number of hydrogen-bond acceptors (Lipinski definition) is 4. The Hall–Kier alpha value is -3.49. The van der Waals surface area contributed by atoms with Gasteiger partial charge in [0.15, 0.2) is 5.82 Å². The van der Waals surface area contributed by atoms with E-state index in [9.17, 15) is 14.0 Å². The number of halogens is 2. The van der Waals surface area contributed by atoms with E-state index >= 15 is 4.39 Å². The lowest BCUT2D eigenvalue weighted by atomic mass is 10.0. The third kappa shape index (κ3) is 4.42. The molecule has 7 nitrogen and oxygen atoms in total. The van der Waals surface area contributed by atoms with Gasteiger partial charge in [-0.15, -0.1) is 0 Å². The van der Waals surface area contributed by atoms with Gasteiger partial charge in [0.1, 0.15) is 17.6 Å². The summed E-state index contributed by atoms with van der Waals surface area (Å²) < 4.78 is 35.8. The number of carbonyl (C=O) groups is 2. The van der Waals surface area contributed by atoms with Gasteiger partial charge < -0.3 is 14.6 Å². The van der Waals surface area contributed by atoms with Crippen molar-refractivity contribution in [1.82, 2.24) is 9.55 Å². The average molecular weight is 442 g/mol. The Kier molecular flexibility index (Phi) is 5.36. The Morgan fingerprint density at radius 3 is 2.56 bits per heavy atom. The fraction of sp³-hybridized carbons (Fsp3) is 0.348. The van der Waals surface area contributed by atoms with Crippen LogP contribution in [-0.2, 0) is 16.6 Å². The first-order valence-corrected chi connectivity index (χ1v) is 10.2. The molecule has 2 atom stereocenters. The molecule has 0 radical (unpaired) electrons. The number of nitrogens with one attached hydrogen (secondary N) is 2. The Bertz CT molecular complexity index is 1220. The number of carbonyl (C=O) groups excluding carboxylic acids is 2. The lowest BCUT2D eigenvalue weighted by Gasteiger charge is -2.21. The molecule has 2 heterocycles. The summed E-state index contributed by atoms with van der Waals surface area (Å²) in [5, 5.41) is 5.97. The Morgan fingerprint density at radius 2 is 1.97 bits per heavy atom. The van der Waals surface area contributed by atoms with E-state index in [0.29, 0.717) is 16.5 Å². The predicted molar refractivity (Wildman–Crippen MR) is 118 cm³/mol. The molecular weight excluding hydrogens is 418 g/mol. The molecule has 1 saturated carbocycles. The van der Waals surface area contributed by atoms with Gasteiger partial charge in [-0.1, -0.05) is 0 Å². The van der Waals surface area contributed by atoms with Crippen molar-refractivity contribution >= 4 is 34.3 Å². The molecule has 1 aromatic carbocycles. The number of nitrogens with zero attached hydrogens (tertiary/aromatic N) is 2. The number of anilines is 2. The van der Waals surface area contributed by atoms with E-state index in [1.165, 1.54) is 6.20 Å². The number of fused-ring (bicyclic) bond motifs is 1. The van der Waals surface area contributed by atoms with Crippen LogP contribution < -0.4 is 10.6 Å². The van der Waals surface area contributed by atoms with E-state index < -0.39 is 35.5 Å². The normalized spacial score (nSPS) is 17.8. The summed E-state index contributed by atoms with van der Waals surface area (Å²) in [7, 11) is 1.78. The number of amides is 2. The Morgan fingerprint density at radius 1 is 1.25 bits per heavy atom. The smallest absolute Gasteiger partial charge is 0.412 e. The van der Waals surface area contributed by atoms with Crippen LogP contribution >= 0.6 is 0 Å². The summed E-state index contributed by atoms with van der Waals surface area (Å²) in [5.41, 5.74) is 0.00554. The maximum Gasteiger partial charge on any atom is 0.412 e. The molecule has 0 saturated heterocycles. The van der Waals surface area contributed by atoms with Crippen molar-refractivity contribution in [3.05, 3.63) is 42.5 Å². The third-order valence-electron chi connectivity index (χ3n) is 5.11. The van der Waals surface area contributed by atoms with Crippen LogP contribution in [0.3, 0.4) is 0 Å². The molecule has 2 aromatic heterocycles. The van der Waals surface area contributed by atoms with Crippen LogP contribution in [0.2, 0.25) is 0 Å². The number of pyridine rings is 1. The highest BCUT2D eigenvalue weighted by atomic mass is 19.1. The van der Waals surface area contributed by atoms with Crippen LogP contribution in [0.4, 0.5) is 25.1 Å². The van der Waals surface area contributed by atoms with Crippen molar-refractivity contribution in [2.24, 2.45) is 13.0 Å². The molecule has 32 heavy (non-hydrogen) atoms. The summed E-state index contributed by atoms with van der Waals surface area (Å²) in [6.45, 7) is 5.12. The van der Waals surface area contributed by atoms with E-state index in [2.05, 4.69) is 15.6 Å². The first kappa shape index (κ1) is 21.7. The van der Waals surface area contributed by atoms with Gasteiger partial charge in [-0.05, 0) is 56.8 Å². The molecule has 9 heteroatoms. The summed E-state index contributed by atoms with van der Waals surface area (Å²) in [6, 6.07) is 6.71. The first-order valence-electron chi connectivity index (χ1n) is 10.2. The summed E-state index contributed by atoms with van der Waals surface area (Å²) in [4.78, 5) is 28.6. The van der Waals surface area contributed by atoms with E-state index in [0.717, 1.165) is 0 Å². The second kappa shape index (κ2) is 7.89. The number of ether oxygens (including phenoxy) is 1. The summed E-state index contributed by atoms with van der Waals surface area (Å²) >= 11 is 0. The van der Waals surface area contributed by atoms with E-state index in [1.54, 1.807) is 62.8 Å². The molecule has 2 amide bonds. The molecule has 1 fully saturated rings. The van der Waals surface area contributed by atoms with Crippen LogP contribution in [0.15, 0.2) is 36.7 Å². The van der Waals surface area contributed by atoms with Crippen LogP contribution in [0, 0.1) is 11.7 Å². The lowest BCUT2D eigenvalue weighted by Crippen LogP contribution is -2.27. The molecule has 2 N–H and O–H groups in total. The molecular formula is C23H24F2N4O3. The van der Waals surface area contributed by atoms with Gasteiger partial charge in [-0.25, -0.2) is 18.6 Å². The second-order valence-corrected chi connectivity index (χ2v) is 8.88. The molecule has 168 valence electrons. The lowest BCUT2D eigenvalue weighted by molar-refractivity contribution is -0.117. The van der Waals surface area contributed by atoms with Gasteiger partial charge in [0.05, 0.1) is 17.3 Å².